The molecule has 0 aromatic heterocycles. The third-order valence-electron chi connectivity index (χ3n) is 4.65. The Hall–Kier alpha value is -0.0800. The summed E-state index contributed by atoms with van der Waals surface area (Å²) in [5.41, 5.74) is 0.552. The van der Waals surface area contributed by atoms with E-state index in [1.54, 1.807) is 0 Å². The summed E-state index contributed by atoms with van der Waals surface area (Å²) in [7, 11) is 0. The second-order valence-electron chi connectivity index (χ2n) is 7.09. The van der Waals surface area contributed by atoms with E-state index < -0.39 is 0 Å². The second kappa shape index (κ2) is 6.38. The minimum Gasteiger partial charge on any atom is -0.377 e. The summed E-state index contributed by atoms with van der Waals surface area (Å²) in [6.07, 6.45) is 9.74. The van der Waals surface area contributed by atoms with Crippen molar-refractivity contribution in [2.45, 2.75) is 77.9 Å². The summed E-state index contributed by atoms with van der Waals surface area (Å²) in [5, 5.41) is 3.66. The van der Waals surface area contributed by atoms with Crippen molar-refractivity contribution >= 4 is 0 Å². The van der Waals surface area contributed by atoms with Crippen LogP contribution in [0.3, 0.4) is 0 Å². The number of hydrogen-bond donors (Lipinski definition) is 1. The van der Waals surface area contributed by atoms with Gasteiger partial charge in [-0.3, -0.25) is 0 Å². The van der Waals surface area contributed by atoms with Crippen molar-refractivity contribution in [3.8, 4) is 0 Å². The minimum atomic E-state index is 0.530. The monoisotopic (exact) mass is 253 g/mol. The Morgan fingerprint density at radius 2 is 1.83 bits per heavy atom. The molecule has 2 fully saturated rings. The zero-order valence-corrected chi connectivity index (χ0v) is 12.5. The lowest BCUT2D eigenvalue weighted by molar-refractivity contribution is -0.00787. The first-order valence-electron chi connectivity index (χ1n) is 7.96. The van der Waals surface area contributed by atoms with Crippen molar-refractivity contribution in [1.82, 2.24) is 5.32 Å². The zero-order chi connectivity index (χ0) is 13.0. The van der Waals surface area contributed by atoms with Crippen LogP contribution in [-0.2, 0) is 4.74 Å². The zero-order valence-electron chi connectivity index (χ0n) is 12.5. The lowest BCUT2D eigenvalue weighted by atomic mass is 9.76. The molecule has 2 saturated carbocycles. The summed E-state index contributed by atoms with van der Waals surface area (Å²) in [5.74, 6) is 0.900. The van der Waals surface area contributed by atoms with Crippen LogP contribution in [0, 0.1) is 11.3 Å². The topological polar surface area (TPSA) is 21.3 Å². The van der Waals surface area contributed by atoms with Crippen LogP contribution in [0.15, 0.2) is 0 Å². The molecular formula is C16H31NO. The molecule has 0 aromatic rings. The predicted octanol–water partition coefficient (Wildman–Crippen LogP) is 3.75. The Morgan fingerprint density at radius 3 is 2.39 bits per heavy atom. The average Bonchev–Trinajstić information content (AvgIpc) is 3.15. The van der Waals surface area contributed by atoms with Gasteiger partial charge in [0.15, 0.2) is 0 Å². The SMILES string of the molecule is CCCNC(COC1CCC(C)(C)CC1)C1CC1. The van der Waals surface area contributed by atoms with Crippen molar-refractivity contribution < 1.29 is 4.74 Å². The van der Waals surface area contributed by atoms with E-state index in [0.29, 0.717) is 17.6 Å². The van der Waals surface area contributed by atoms with Crippen LogP contribution in [-0.4, -0.2) is 25.3 Å². The largest absolute Gasteiger partial charge is 0.377 e. The quantitative estimate of drug-likeness (QED) is 0.746. The first-order chi connectivity index (χ1) is 8.61. The summed E-state index contributed by atoms with van der Waals surface area (Å²) in [6.45, 7) is 9.09. The molecule has 106 valence electrons. The van der Waals surface area contributed by atoms with E-state index in [1.807, 2.05) is 0 Å². The highest BCUT2D eigenvalue weighted by Crippen LogP contribution is 2.37. The highest BCUT2D eigenvalue weighted by molar-refractivity contribution is 4.87. The van der Waals surface area contributed by atoms with Gasteiger partial charge in [0.25, 0.3) is 0 Å². The van der Waals surface area contributed by atoms with Gasteiger partial charge in [0.2, 0.25) is 0 Å². The molecule has 0 aromatic carbocycles. The molecule has 0 bridgehead atoms. The highest BCUT2D eigenvalue weighted by Gasteiger charge is 2.32. The smallest absolute Gasteiger partial charge is 0.0626 e. The van der Waals surface area contributed by atoms with E-state index in [1.165, 1.54) is 44.9 Å². The van der Waals surface area contributed by atoms with Crippen LogP contribution in [0.4, 0.5) is 0 Å². The number of nitrogens with one attached hydrogen (secondary N) is 1. The molecule has 18 heavy (non-hydrogen) atoms. The van der Waals surface area contributed by atoms with Crippen molar-refractivity contribution in [1.29, 1.82) is 0 Å². The summed E-state index contributed by atoms with van der Waals surface area (Å²) in [6, 6.07) is 0.625. The molecule has 0 spiro atoms. The summed E-state index contributed by atoms with van der Waals surface area (Å²) in [4.78, 5) is 0. The van der Waals surface area contributed by atoms with Crippen molar-refractivity contribution in [2.24, 2.45) is 11.3 Å². The fourth-order valence-electron chi connectivity index (χ4n) is 2.97. The Kier molecular flexibility index (Phi) is 5.08. The van der Waals surface area contributed by atoms with Crippen LogP contribution in [0.1, 0.15) is 65.7 Å². The van der Waals surface area contributed by atoms with Crippen LogP contribution in [0.2, 0.25) is 0 Å². The van der Waals surface area contributed by atoms with E-state index >= 15 is 0 Å². The first-order valence-corrected chi connectivity index (χ1v) is 7.96. The molecule has 0 saturated heterocycles. The van der Waals surface area contributed by atoms with Crippen molar-refractivity contribution in [3.63, 3.8) is 0 Å². The standard InChI is InChI=1S/C16H31NO/c1-4-11-17-15(13-5-6-13)12-18-14-7-9-16(2,3)10-8-14/h13-15,17H,4-12H2,1-3H3. The van der Waals surface area contributed by atoms with E-state index in [0.717, 1.165) is 19.1 Å². The predicted molar refractivity (Wildman–Crippen MR) is 76.8 cm³/mol. The summed E-state index contributed by atoms with van der Waals surface area (Å²) >= 11 is 0. The molecule has 0 heterocycles. The van der Waals surface area contributed by atoms with Crippen molar-refractivity contribution in [3.05, 3.63) is 0 Å². The van der Waals surface area contributed by atoms with Crippen LogP contribution >= 0.6 is 0 Å². The molecule has 2 rings (SSSR count). The Labute approximate surface area is 113 Å². The van der Waals surface area contributed by atoms with Gasteiger partial charge >= 0.3 is 0 Å². The molecule has 1 N–H and O–H groups in total. The molecule has 1 atom stereocenters. The van der Waals surface area contributed by atoms with E-state index in [2.05, 4.69) is 26.1 Å². The maximum absolute atomic E-state index is 6.17. The van der Waals surface area contributed by atoms with Gasteiger partial charge < -0.3 is 10.1 Å². The van der Waals surface area contributed by atoms with Crippen LogP contribution < -0.4 is 5.32 Å². The molecule has 1 unspecified atom stereocenters. The molecular weight excluding hydrogens is 222 g/mol. The third-order valence-corrected chi connectivity index (χ3v) is 4.65. The second-order valence-corrected chi connectivity index (χ2v) is 7.09. The normalized spacial score (nSPS) is 26.2. The Morgan fingerprint density at radius 1 is 1.17 bits per heavy atom. The first kappa shape index (κ1) is 14.3. The molecule has 2 aliphatic rings. The lowest BCUT2D eigenvalue weighted by Crippen LogP contribution is -2.38. The Balaban J connectivity index is 1.66. The average molecular weight is 253 g/mol. The minimum absolute atomic E-state index is 0.530. The summed E-state index contributed by atoms with van der Waals surface area (Å²) < 4.78 is 6.17. The molecule has 0 radical (unpaired) electrons. The fraction of sp³-hybridized carbons (Fsp3) is 1.00. The molecule has 2 heteroatoms. The maximum atomic E-state index is 6.17. The fourth-order valence-corrected chi connectivity index (χ4v) is 2.97. The lowest BCUT2D eigenvalue weighted by Gasteiger charge is -2.34. The van der Waals surface area contributed by atoms with E-state index in [4.69, 9.17) is 4.74 Å². The molecule has 2 aliphatic carbocycles. The molecule has 0 aliphatic heterocycles. The van der Waals surface area contributed by atoms with Gasteiger partial charge in [0.05, 0.1) is 12.7 Å². The molecule has 2 nitrogen and oxygen atoms in total. The van der Waals surface area contributed by atoms with Gasteiger partial charge in [-0.2, -0.15) is 0 Å². The van der Waals surface area contributed by atoms with Gasteiger partial charge in [0.1, 0.15) is 0 Å². The van der Waals surface area contributed by atoms with Gasteiger partial charge in [-0.15, -0.1) is 0 Å². The maximum Gasteiger partial charge on any atom is 0.0626 e. The van der Waals surface area contributed by atoms with Gasteiger partial charge in [-0.05, 0) is 62.8 Å². The number of rotatable bonds is 7. The molecule has 0 amide bonds. The van der Waals surface area contributed by atoms with E-state index in [-0.39, 0.29) is 0 Å². The highest BCUT2D eigenvalue weighted by atomic mass is 16.5. The van der Waals surface area contributed by atoms with Crippen molar-refractivity contribution in [2.75, 3.05) is 13.2 Å². The van der Waals surface area contributed by atoms with Gasteiger partial charge in [-0.1, -0.05) is 20.8 Å². The van der Waals surface area contributed by atoms with Gasteiger partial charge in [-0.25, -0.2) is 0 Å². The Bertz CT molecular complexity index is 237. The number of hydrogen-bond acceptors (Lipinski definition) is 2. The third kappa shape index (κ3) is 4.55. The van der Waals surface area contributed by atoms with Crippen LogP contribution in [0.5, 0.6) is 0 Å². The van der Waals surface area contributed by atoms with Crippen LogP contribution in [0.25, 0.3) is 0 Å². The number of ether oxygens (including phenoxy) is 1. The van der Waals surface area contributed by atoms with Gasteiger partial charge in [0, 0.05) is 6.04 Å². The van der Waals surface area contributed by atoms with E-state index in [9.17, 15) is 0 Å².